The predicted molar refractivity (Wildman–Crippen MR) is 101 cm³/mol. The molecule has 1 saturated heterocycles. The number of carbonyl (C=O) groups is 1. The minimum atomic E-state index is -0.977. The average Bonchev–Trinajstić information content (AvgIpc) is 3.19. The van der Waals surface area contributed by atoms with E-state index in [-0.39, 0.29) is 5.91 Å². The molecule has 1 aliphatic carbocycles. The van der Waals surface area contributed by atoms with Crippen molar-refractivity contribution in [2.24, 2.45) is 0 Å². The summed E-state index contributed by atoms with van der Waals surface area (Å²) >= 11 is 5.27. The first-order valence-electron chi connectivity index (χ1n) is 8.42. The van der Waals surface area contributed by atoms with Crippen LogP contribution < -0.4 is 5.32 Å². The molecule has 23 heavy (non-hydrogen) atoms. The summed E-state index contributed by atoms with van der Waals surface area (Å²) in [6, 6.07) is 2.95. The van der Waals surface area contributed by atoms with Crippen molar-refractivity contribution in [2.75, 3.05) is 0 Å². The Balaban J connectivity index is 1.49. The molecule has 1 amide bonds. The van der Waals surface area contributed by atoms with Crippen LogP contribution in [0.25, 0.3) is 10.3 Å². The molecular weight excluding hydrogens is 390 g/mol. The molecule has 4 nitrogen and oxygen atoms in total. The number of aromatic nitrogens is 2. The van der Waals surface area contributed by atoms with Gasteiger partial charge in [0.25, 0.3) is 5.91 Å². The Labute approximate surface area is 149 Å². The number of carbonyl (C=O) groups excluding carboxylic acids is 1. The second-order valence-electron chi connectivity index (χ2n) is 7.73. The molecule has 1 saturated carbocycles. The molecule has 0 unspecified atom stereocenters. The standard InChI is InChI=1S/C16H22BrN3OSSi/c1-23(2)7-5-10(6-8-23)18-14(21)12-11(17)13-16(19-12)22-15(20-13)9-3-4-9/h9-10,19H,3-8H2,1-2H3,(H,18,21). The highest BCUT2D eigenvalue weighted by molar-refractivity contribution is 9.10. The second-order valence-corrected chi connectivity index (χ2v) is 14.9. The number of halogens is 1. The number of fused-ring (bicyclic) bond motifs is 1. The predicted octanol–water partition coefficient (Wildman–Crippen LogP) is 4.86. The van der Waals surface area contributed by atoms with E-state index in [1.165, 1.54) is 29.9 Å². The van der Waals surface area contributed by atoms with Crippen molar-refractivity contribution in [1.29, 1.82) is 0 Å². The van der Waals surface area contributed by atoms with Crippen LogP contribution in [0.3, 0.4) is 0 Å². The fourth-order valence-electron chi connectivity index (χ4n) is 3.32. The number of amides is 1. The van der Waals surface area contributed by atoms with Crippen molar-refractivity contribution < 1.29 is 4.79 Å². The summed E-state index contributed by atoms with van der Waals surface area (Å²) in [5.41, 5.74) is 1.54. The third-order valence-corrected chi connectivity index (χ3v) is 10.3. The lowest BCUT2D eigenvalue weighted by Crippen LogP contribution is -2.42. The van der Waals surface area contributed by atoms with Crippen LogP contribution in [0.4, 0.5) is 0 Å². The number of hydrogen-bond acceptors (Lipinski definition) is 3. The zero-order valence-corrected chi connectivity index (χ0v) is 16.9. The molecule has 2 fully saturated rings. The number of nitrogens with zero attached hydrogens (tertiary/aromatic N) is 1. The molecule has 0 radical (unpaired) electrons. The summed E-state index contributed by atoms with van der Waals surface area (Å²) in [5, 5.41) is 4.42. The molecule has 4 rings (SSSR count). The van der Waals surface area contributed by atoms with E-state index in [2.05, 4.69) is 39.3 Å². The molecule has 1 aliphatic heterocycles. The van der Waals surface area contributed by atoms with Crippen LogP contribution >= 0.6 is 27.3 Å². The van der Waals surface area contributed by atoms with Crippen LogP contribution in [-0.4, -0.2) is 30.0 Å². The molecule has 2 N–H and O–H groups in total. The van der Waals surface area contributed by atoms with Gasteiger partial charge in [-0.2, -0.15) is 0 Å². The number of rotatable bonds is 3. The van der Waals surface area contributed by atoms with E-state index < -0.39 is 8.07 Å². The van der Waals surface area contributed by atoms with Gasteiger partial charge in [0.2, 0.25) is 0 Å². The van der Waals surface area contributed by atoms with Gasteiger partial charge in [-0.15, -0.1) is 11.3 Å². The topological polar surface area (TPSA) is 57.8 Å². The first kappa shape index (κ1) is 15.8. The second kappa shape index (κ2) is 5.70. The highest BCUT2D eigenvalue weighted by Gasteiger charge is 2.31. The van der Waals surface area contributed by atoms with Crippen LogP contribution in [0.2, 0.25) is 25.2 Å². The highest BCUT2D eigenvalue weighted by atomic mass is 79.9. The van der Waals surface area contributed by atoms with Gasteiger partial charge < -0.3 is 10.3 Å². The Morgan fingerprint density at radius 1 is 1.30 bits per heavy atom. The van der Waals surface area contributed by atoms with Crippen molar-refractivity contribution in [2.45, 2.75) is 62.8 Å². The van der Waals surface area contributed by atoms with Gasteiger partial charge in [-0.05, 0) is 41.6 Å². The molecule has 0 atom stereocenters. The van der Waals surface area contributed by atoms with E-state index in [4.69, 9.17) is 4.98 Å². The van der Waals surface area contributed by atoms with Gasteiger partial charge in [0.05, 0.1) is 9.48 Å². The van der Waals surface area contributed by atoms with E-state index in [0.717, 1.165) is 27.7 Å². The summed E-state index contributed by atoms with van der Waals surface area (Å²) in [6.07, 6.45) is 4.76. The van der Waals surface area contributed by atoms with Gasteiger partial charge in [0, 0.05) is 20.0 Å². The Bertz CT molecular complexity index is 755. The Kier molecular flexibility index (Phi) is 3.93. The first-order valence-corrected chi connectivity index (χ1v) is 13.4. The molecule has 0 bridgehead atoms. The zero-order chi connectivity index (χ0) is 16.2. The summed E-state index contributed by atoms with van der Waals surface area (Å²) in [6.45, 7) is 4.90. The van der Waals surface area contributed by atoms with Crippen LogP contribution in [0.5, 0.6) is 0 Å². The summed E-state index contributed by atoms with van der Waals surface area (Å²) in [7, 11) is -0.977. The van der Waals surface area contributed by atoms with Gasteiger partial charge in [0.15, 0.2) is 0 Å². The fourth-order valence-corrected chi connectivity index (χ4v) is 7.67. The summed E-state index contributed by atoms with van der Waals surface area (Å²) in [4.78, 5) is 21.6. The average molecular weight is 412 g/mol. The van der Waals surface area contributed by atoms with Crippen LogP contribution in [-0.2, 0) is 0 Å². The molecule has 3 heterocycles. The Hall–Kier alpha value is -0.663. The number of H-pyrrole nitrogens is 1. The fraction of sp³-hybridized carbons (Fsp3) is 0.625. The largest absolute Gasteiger partial charge is 0.348 e. The molecule has 0 spiro atoms. The van der Waals surface area contributed by atoms with Crippen LogP contribution in [0.15, 0.2) is 4.47 Å². The molecule has 124 valence electrons. The Morgan fingerprint density at radius 3 is 2.61 bits per heavy atom. The van der Waals surface area contributed by atoms with Crippen molar-refractivity contribution in [3.05, 3.63) is 15.2 Å². The van der Waals surface area contributed by atoms with E-state index in [1.807, 2.05) is 0 Å². The molecule has 7 heteroatoms. The third kappa shape index (κ3) is 3.15. The number of nitrogens with one attached hydrogen (secondary N) is 2. The van der Waals surface area contributed by atoms with Gasteiger partial charge in [-0.25, -0.2) is 4.98 Å². The lowest BCUT2D eigenvalue weighted by atomic mass is 10.1. The summed E-state index contributed by atoms with van der Waals surface area (Å²) < 4.78 is 0.818. The van der Waals surface area contributed by atoms with E-state index in [1.54, 1.807) is 11.3 Å². The van der Waals surface area contributed by atoms with Crippen LogP contribution in [0, 0.1) is 0 Å². The molecule has 2 aromatic rings. The maximum absolute atomic E-state index is 12.6. The molecule has 2 aromatic heterocycles. The SMILES string of the molecule is C[Si]1(C)CCC(NC(=O)c2[nH]c3sc(C4CC4)nc3c2Br)CC1. The lowest BCUT2D eigenvalue weighted by Gasteiger charge is -2.33. The highest BCUT2D eigenvalue weighted by Crippen LogP contribution is 2.44. The number of hydrogen-bond donors (Lipinski definition) is 2. The van der Waals surface area contributed by atoms with Gasteiger partial charge in [-0.3, -0.25) is 4.79 Å². The first-order chi connectivity index (χ1) is 10.9. The monoisotopic (exact) mass is 411 g/mol. The van der Waals surface area contributed by atoms with Gasteiger partial charge in [0.1, 0.15) is 16.0 Å². The van der Waals surface area contributed by atoms with Crippen molar-refractivity contribution >= 4 is 51.6 Å². The quantitative estimate of drug-likeness (QED) is 0.707. The van der Waals surface area contributed by atoms with Gasteiger partial charge in [-0.1, -0.05) is 25.2 Å². The smallest absolute Gasteiger partial charge is 0.269 e. The maximum Gasteiger partial charge on any atom is 0.269 e. The minimum absolute atomic E-state index is 0.00131. The molecule has 0 aromatic carbocycles. The zero-order valence-electron chi connectivity index (χ0n) is 13.5. The van der Waals surface area contributed by atoms with Crippen molar-refractivity contribution in [3.63, 3.8) is 0 Å². The normalized spacial score (nSPS) is 21.7. The third-order valence-electron chi connectivity index (χ3n) is 5.14. The molecule has 2 aliphatic rings. The Morgan fingerprint density at radius 2 is 2.00 bits per heavy atom. The van der Waals surface area contributed by atoms with Crippen molar-refractivity contribution in [3.8, 4) is 0 Å². The molecular formula is C16H22BrN3OSSi. The number of aromatic amines is 1. The van der Waals surface area contributed by atoms with E-state index >= 15 is 0 Å². The van der Waals surface area contributed by atoms with E-state index in [9.17, 15) is 4.79 Å². The minimum Gasteiger partial charge on any atom is -0.348 e. The van der Waals surface area contributed by atoms with Crippen molar-refractivity contribution in [1.82, 2.24) is 15.3 Å². The lowest BCUT2D eigenvalue weighted by molar-refractivity contribution is 0.0928. The van der Waals surface area contributed by atoms with E-state index in [0.29, 0.717) is 17.7 Å². The maximum atomic E-state index is 12.6. The summed E-state index contributed by atoms with van der Waals surface area (Å²) in [5.74, 6) is 0.654. The van der Waals surface area contributed by atoms with Crippen LogP contribution in [0.1, 0.15) is 47.1 Å². The number of thiazole rings is 1. The van der Waals surface area contributed by atoms with Gasteiger partial charge >= 0.3 is 0 Å².